The predicted molar refractivity (Wildman–Crippen MR) is 144 cm³/mol. The lowest BCUT2D eigenvalue weighted by atomic mass is 10.0. The third-order valence-corrected chi connectivity index (χ3v) is 6.69. The average Bonchev–Trinajstić information content (AvgIpc) is 3.35. The van der Waals surface area contributed by atoms with Gasteiger partial charge < -0.3 is 23.8 Å². The lowest BCUT2D eigenvalue weighted by Crippen LogP contribution is -2.37. The van der Waals surface area contributed by atoms with E-state index in [2.05, 4.69) is 4.74 Å². The van der Waals surface area contributed by atoms with Crippen LogP contribution in [0.15, 0.2) is 78.9 Å². The van der Waals surface area contributed by atoms with Gasteiger partial charge in [-0.15, -0.1) is 0 Å². The molecule has 3 aromatic carbocycles. The molecule has 39 heavy (non-hydrogen) atoms. The van der Waals surface area contributed by atoms with E-state index in [1.54, 1.807) is 24.0 Å². The Kier molecular flexibility index (Phi) is 10.5. The SMILES string of the molecule is CCOC(=O)N1C[C@H](OCc2ccccc2)C[C@H]1CCOc1ccccc1CCc1cccc(OC(F)F)c1. The molecular weight excluding hydrogens is 504 g/mol. The number of hydrogen-bond acceptors (Lipinski definition) is 5. The molecule has 1 saturated heterocycles. The molecule has 1 aliphatic rings. The summed E-state index contributed by atoms with van der Waals surface area (Å²) in [7, 11) is 0. The van der Waals surface area contributed by atoms with Crippen molar-refractivity contribution in [1.82, 2.24) is 4.90 Å². The van der Waals surface area contributed by atoms with Crippen LogP contribution in [0.2, 0.25) is 0 Å². The molecule has 0 radical (unpaired) electrons. The van der Waals surface area contributed by atoms with E-state index >= 15 is 0 Å². The molecule has 3 aromatic rings. The second-order valence-corrected chi connectivity index (χ2v) is 9.43. The molecular formula is C31H35F2NO5. The van der Waals surface area contributed by atoms with E-state index in [4.69, 9.17) is 14.2 Å². The Labute approximate surface area is 228 Å². The lowest BCUT2D eigenvalue weighted by molar-refractivity contribution is -0.0498. The summed E-state index contributed by atoms with van der Waals surface area (Å²) >= 11 is 0. The molecule has 0 aliphatic carbocycles. The van der Waals surface area contributed by atoms with Crippen molar-refractivity contribution < 1.29 is 32.5 Å². The van der Waals surface area contributed by atoms with Crippen molar-refractivity contribution in [2.24, 2.45) is 0 Å². The highest BCUT2D eigenvalue weighted by Crippen LogP contribution is 2.27. The Hall–Kier alpha value is -3.65. The zero-order valence-corrected chi connectivity index (χ0v) is 22.1. The highest BCUT2D eigenvalue weighted by atomic mass is 19.3. The van der Waals surface area contributed by atoms with Crippen LogP contribution in [0.4, 0.5) is 13.6 Å². The Morgan fingerprint density at radius 3 is 2.54 bits per heavy atom. The molecule has 208 valence electrons. The molecule has 2 atom stereocenters. The van der Waals surface area contributed by atoms with Crippen molar-refractivity contribution in [3.63, 3.8) is 0 Å². The van der Waals surface area contributed by atoms with Gasteiger partial charge in [0.05, 0.1) is 32.5 Å². The minimum absolute atomic E-state index is 0.0467. The summed E-state index contributed by atoms with van der Waals surface area (Å²) in [6.07, 6.45) is 2.30. The second kappa shape index (κ2) is 14.5. The third kappa shape index (κ3) is 8.68. The fourth-order valence-electron chi connectivity index (χ4n) is 4.80. The number of nitrogens with zero attached hydrogens (tertiary/aromatic N) is 1. The number of para-hydroxylation sites is 1. The first-order valence-corrected chi connectivity index (χ1v) is 13.3. The largest absolute Gasteiger partial charge is 0.493 e. The van der Waals surface area contributed by atoms with E-state index < -0.39 is 6.61 Å². The summed E-state index contributed by atoms with van der Waals surface area (Å²) < 4.78 is 47.2. The van der Waals surface area contributed by atoms with E-state index in [0.717, 1.165) is 22.4 Å². The van der Waals surface area contributed by atoms with Crippen LogP contribution in [0, 0.1) is 0 Å². The van der Waals surface area contributed by atoms with Crippen molar-refractivity contribution >= 4 is 6.09 Å². The zero-order chi connectivity index (χ0) is 27.5. The molecule has 0 bridgehead atoms. The number of amides is 1. The number of rotatable bonds is 13. The van der Waals surface area contributed by atoms with E-state index in [-0.39, 0.29) is 24.0 Å². The van der Waals surface area contributed by atoms with Gasteiger partial charge in [0, 0.05) is 12.5 Å². The Bertz CT molecular complexity index is 1180. The number of carbonyl (C=O) groups is 1. The minimum Gasteiger partial charge on any atom is -0.493 e. The van der Waals surface area contributed by atoms with Gasteiger partial charge in [-0.1, -0.05) is 60.7 Å². The number of alkyl halides is 2. The topological polar surface area (TPSA) is 57.2 Å². The number of carbonyl (C=O) groups excluding carboxylic acids is 1. The second-order valence-electron chi connectivity index (χ2n) is 9.43. The summed E-state index contributed by atoms with van der Waals surface area (Å²) in [5.41, 5.74) is 3.02. The molecule has 1 fully saturated rings. The van der Waals surface area contributed by atoms with Crippen molar-refractivity contribution in [2.45, 2.75) is 58.0 Å². The van der Waals surface area contributed by atoms with Gasteiger partial charge in [0.2, 0.25) is 0 Å². The molecule has 0 saturated carbocycles. The summed E-state index contributed by atoms with van der Waals surface area (Å²) in [4.78, 5) is 14.4. The van der Waals surface area contributed by atoms with Crippen LogP contribution < -0.4 is 9.47 Å². The van der Waals surface area contributed by atoms with Gasteiger partial charge in [0.25, 0.3) is 0 Å². The minimum atomic E-state index is -2.85. The predicted octanol–water partition coefficient (Wildman–Crippen LogP) is 6.66. The van der Waals surface area contributed by atoms with Gasteiger partial charge in [-0.3, -0.25) is 0 Å². The monoisotopic (exact) mass is 539 g/mol. The van der Waals surface area contributed by atoms with Crippen molar-refractivity contribution in [3.05, 3.63) is 95.6 Å². The summed E-state index contributed by atoms with van der Waals surface area (Å²) in [5, 5.41) is 0. The van der Waals surface area contributed by atoms with Crippen molar-refractivity contribution in [3.8, 4) is 11.5 Å². The molecule has 4 rings (SSSR count). The maximum absolute atomic E-state index is 12.6. The van der Waals surface area contributed by atoms with Gasteiger partial charge in [-0.05, 0) is 61.1 Å². The van der Waals surface area contributed by atoms with Crippen LogP contribution in [0.25, 0.3) is 0 Å². The lowest BCUT2D eigenvalue weighted by Gasteiger charge is -2.23. The standard InChI is InChI=1S/C31H35F2NO5/c1-2-36-31(35)34-21-28(38-22-24-9-4-3-5-10-24)20-26(34)17-18-37-29-14-7-6-12-25(29)16-15-23-11-8-13-27(19-23)39-30(32)33/h3-14,19,26,28,30H,2,15-18,20-22H2,1H3/t26-,28-/m1/s1. The Morgan fingerprint density at radius 2 is 1.74 bits per heavy atom. The quantitative estimate of drug-likeness (QED) is 0.243. The third-order valence-electron chi connectivity index (χ3n) is 6.69. The average molecular weight is 540 g/mol. The number of aryl methyl sites for hydroxylation is 2. The van der Waals surface area contributed by atoms with E-state index in [0.29, 0.717) is 52.0 Å². The Morgan fingerprint density at radius 1 is 0.974 bits per heavy atom. The number of benzene rings is 3. The maximum atomic E-state index is 12.6. The van der Waals surface area contributed by atoms with Crippen LogP contribution in [0.1, 0.15) is 36.5 Å². The molecule has 0 aromatic heterocycles. The molecule has 0 spiro atoms. The number of ether oxygens (including phenoxy) is 4. The smallest absolute Gasteiger partial charge is 0.410 e. The summed E-state index contributed by atoms with van der Waals surface area (Å²) in [6, 6.07) is 24.5. The van der Waals surface area contributed by atoms with Crippen LogP contribution in [0.5, 0.6) is 11.5 Å². The first kappa shape index (κ1) is 28.4. The van der Waals surface area contributed by atoms with Crippen LogP contribution in [-0.4, -0.2) is 49.5 Å². The molecule has 6 nitrogen and oxygen atoms in total. The zero-order valence-electron chi connectivity index (χ0n) is 22.1. The highest BCUT2D eigenvalue weighted by Gasteiger charge is 2.36. The number of hydrogen-bond donors (Lipinski definition) is 0. The first-order valence-electron chi connectivity index (χ1n) is 13.3. The molecule has 0 N–H and O–H groups in total. The number of likely N-dealkylation sites (tertiary alicyclic amines) is 1. The van der Waals surface area contributed by atoms with E-state index in [1.165, 1.54) is 6.07 Å². The van der Waals surface area contributed by atoms with Gasteiger partial charge in [0.15, 0.2) is 0 Å². The summed E-state index contributed by atoms with van der Waals surface area (Å²) in [6.45, 7) is 0.685. The normalized spacial score (nSPS) is 16.9. The fraction of sp³-hybridized carbons (Fsp3) is 0.387. The molecule has 1 aliphatic heterocycles. The van der Waals surface area contributed by atoms with Crippen molar-refractivity contribution in [2.75, 3.05) is 19.8 Å². The van der Waals surface area contributed by atoms with E-state index in [9.17, 15) is 13.6 Å². The molecule has 0 unspecified atom stereocenters. The first-order chi connectivity index (χ1) is 19.0. The molecule has 1 amide bonds. The summed E-state index contributed by atoms with van der Waals surface area (Å²) in [5.74, 6) is 0.927. The van der Waals surface area contributed by atoms with Crippen LogP contribution in [0.3, 0.4) is 0 Å². The molecule has 1 heterocycles. The van der Waals surface area contributed by atoms with Crippen LogP contribution in [-0.2, 0) is 28.9 Å². The van der Waals surface area contributed by atoms with Gasteiger partial charge in [-0.25, -0.2) is 4.79 Å². The maximum Gasteiger partial charge on any atom is 0.410 e. The van der Waals surface area contributed by atoms with E-state index in [1.807, 2.05) is 60.7 Å². The fourth-order valence-corrected chi connectivity index (χ4v) is 4.80. The number of halogens is 2. The Balaban J connectivity index is 1.31. The van der Waals surface area contributed by atoms with Crippen LogP contribution >= 0.6 is 0 Å². The molecule has 8 heteroatoms. The van der Waals surface area contributed by atoms with Crippen molar-refractivity contribution in [1.29, 1.82) is 0 Å². The van der Waals surface area contributed by atoms with Gasteiger partial charge in [-0.2, -0.15) is 8.78 Å². The van der Waals surface area contributed by atoms with Gasteiger partial charge >= 0.3 is 12.7 Å². The highest BCUT2D eigenvalue weighted by molar-refractivity contribution is 5.68. The van der Waals surface area contributed by atoms with Gasteiger partial charge in [0.1, 0.15) is 11.5 Å².